The van der Waals surface area contributed by atoms with Crippen LogP contribution in [0.1, 0.15) is 19.3 Å². The number of nitrogens with one attached hydrogen (secondary N) is 1. The van der Waals surface area contributed by atoms with Crippen molar-refractivity contribution in [1.29, 1.82) is 5.26 Å². The van der Waals surface area contributed by atoms with Gasteiger partial charge in [0.05, 0.1) is 24.8 Å². The summed E-state index contributed by atoms with van der Waals surface area (Å²) < 4.78 is 5.57. The van der Waals surface area contributed by atoms with Crippen LogP contribution in [0.4, 0.5) is 0 Å². The van der Waals surface area contributed by atoms with Crippen molar-refractivity contribution in [2.75, 3.05) is 19.7 Å². The van der Waals surface area contributed by atoms with Crippen molar-refractivity contribution in [3.05, 3.63) is 0 Å². The lowest BCUT2D eigenvalue weighted by molar-refractivity contribution is -0.154. The summed E-state index contributed by atoms with van der Waals surface area (Å²) in [5, 5.41) is 10.6. The molecule has 1 aliphatic carbocycles. The summed E-state index contributed by atoms with van der Waals surface area (Å²) in [6, 6.07) is 1.81. The van der Waals surface area contributed by atoms with Crippen molar-refractivity contribution in [3.8, 4) is 6.07 Å². The van der Waals surface area contributed by atoms with Crippen LogP contribution in [0.2, 0.25) is 0 Å². The largest absolute Gasteiger partial charge is 0.374 e. The maximum absolute atomic E-state index is 11.9. The number of hydrogen-bond acceptors (Lipinski definition) is 4. The molecule has 0 aromatic rings. The molecule has 2 fully saturated rings. The lowest BCUT2D eigenvalue weighted by Gasteiger charge is -2.37. The van der Waals surface area contributed by atoms with Gasteiger partial charge < -0.3 is 15.0 Å². The van der Waals surface area contributed by atoms with Gasteiger partial charge in [0, 0.05) is 6.54 Å². The summed E-state index contributed by atoms with van der Waals surface area (Å²) in [6.07, 6.45) is 2.95. The summed E-state index contributed by atoms with van der Waals surface area (Å²) in [6.45, 7) is 0.807. The molecule has 1 saturated heterocycles. The quantitative estimate of drug-likeness (QED) is 0.488. The van der Waals surface area contributed by atoms with Crippen molar-refractivity contribution in [1.82, 2.24) is 10.2 Å². The van der Waals surface area contributed by atoms with Gasteiger partial charge >= 0.3 is 11.8 Å². The monoisotopic (exact) mass is 237 g/mol. The van der Waals surface area contributed by atoms with E-state index in [1.165, 1.54) is 0 Å². The van der Waals surface area contributed by atoms with Gasteiger partial charge in [0.1, 0.15) is 6.54 Å². The van der Waals surface area contributed by atoms with Crippen LogP contribution in [0.5, 0.6) is 0 Å². The van der Waals surface area contributed by atoms with Crippen LogP contribution in [0.3, 0.4) is 0 Å². The highest BCUT2D eigenvalue weighted by Gasteiger charge is 2.40. The number of morpholine rings is 1. The third-order valence-corrected chi connectivity index (χ3v) is 3.27. The van der Waals surface area contributed by atoms with Crippen LogP contribution < -0.4 is 5.32 Å². The molecule has 0 spiro atoms. The van der Waals surface area contributed by atoms with Crippen molar-refractivity contribution >= 4 is 11.8 Å². The predicted molar refractivity (Wildman–Crippen MR) is 57.7 cm³/mol. The molecule has 1 heterocycles. The molecule has 6 heteroatoms. The van der Waals surface area contributed by atoms with Crippen LogP contribution in [0.25, 0.3) is 0 Å². The molecule has 92 valence electrons. The van der Waals surface area contributed by atoms with Gasteiger partial charge in [-0.3, -0.25) is 9.59 Å². The number of amides is 2. The van der Waals surface area contributed by atoms with Gasteiger partial charge in [-0.15, -0.1) is 0 Å². The Balaban J connectivity index is 1.98. The molecule has 0 radical (unpaired) electrons. The van der Waals surface area contributed by atoms with Gasteiger partial charge in [0.2, 0.25) is 0 Å². The molecule has 0 bridgehead atoms. The van der Waals surface area contributed by atoms with Crippen LogP contribution in [0.15, 0.2) is 0 Å². The number of carbonyl (C=O) groups is 2. The summed E-state index contributed by atoms with van der Waals surface area (Å²) in [5.41, 5.74) is 0. The molecule has 1 aliphatic heterocycles. The van der Waals surface area contributed by atoms with Gasteiger partial charge in [0.25, 0.3) is 0 Å². The second-order valence-corrected chi connectivity index (χ2v) is 4.25. The SMILES string of the molecule is N#CCNC(=O)C(=O)N1CCOC2CCCC21. The van der Waals surface area contributed by atoms with Crippen molar-refractivity contribution in [2.24, 2.45) is 0 Å². The number of hydrogen-bond donors (Lipinski definition) is 1. The third-order valence-electron chi connectivity index (χ3n) is 3.27. The first-order valence-corrected chi connectivity index (χ1v) is 5.81. The number of rotatable bonds is 1. The molecule has 1 N–H and O–H groups in total. The molecule has 0 aromatic carbocycles. The van der Waals surface area contributed by atoms with Gasteiger partial charge in [-0.05, 0) is 19.3 Å². The van der Waals surface area contributed by atoms with Gasteiger partial charge in [0.15, 0.2) is 0 Å². The zero-order chi connectivity index (χ0) is 12.3. The van der Waals surface area contributed by atoms with E-state index in [0.717, 1.165) is 19.3 Å². The minimum Gasteiger partial charge on any atom is -0.374 e. The predicted octanol–water partition coefficient (Wildman–Crippen LogP) is -0.594. The fraction of sp³-hybridized carbons (Fsp3) is 0.727. The van der Waals surface area contributed by atoms with E-state index >= 15 is 0 Å². The average molecular weight is 237 g/mol. The second-order valence-electron chi connectivity index (χ2n) is 4.25. The minimum atomic E-state index is -0.695. The molecule has 17 heavy (non-hydrogen) atoms. The summed E-state index contributed by atoms with van der Waals surface area (Å²) >= 11 is 0. The Kier molecular flexibility index (Phi) is 3.59. The smallest absolute Gasteiger partial charge is 0.312 e. The van der Waals surface area contributed by atoms with Gasteiger partial charge in [-0.1, -0.05) is 0 Å². The Labute approximate surface area is 99.5 Å². The zero-order valence-corrected chi connectivity index (χ0v) is 9.52. The van der Waals surface area contributed by atoms with Crippen molar-refractivity contribution < 1.29 is 14.3 Å². The van der Waals surface area contributed by atoms with Crippen LogP contribution >= 0.6 is 0 Å². The summed E-state index contributed by atoms with van der Waals surface area (Å²) in [7, 11) is 0. The number of nitriles is 1. The molecular formula is C11H15N3O3. The Bertz CT molecular complexity index is 363. The van der Waals surface area contributed by atoms with E-state index in [4.69, 9.17) is 10.00 Å². The normalized spacial score (nSPS) is 27.1. The van der Waals surface area contributed by atoms with E-state index in [-0.39, 0.29) is 18.7 Å². The number of ether oxygens (including phenoxy) is 1. The topological polar surface area (TPSA) is 82.4 Å². The highest BCUT2D eigenvalue weighted by Crippen LogP contribution is 2.29. The number of carbonyl (C=O) groups excluding carboxylic acids is 2. The van der Waals surface area contributed by atoms with E-state index < -0.39 is 11.8 Å². The number of nitrogens with zero attached hydrogens (tertiary/aromatic N) is 2. The zero-order valence-electron chi connectivity index (χ0n) is 9.52. The van der Waals surface area contributed by atoms with E-state index in [1.54, 1.807) is 11.0 Å². The highest BCUT2D eigenvalue weighted by atomic mass is 16.5. The van der Waals surface area contributed by atoms with E-state index in [1.807, 2.05) is 0 Å². The van der Waals surface area contributed by atoms with Crippen molar-refractivity contribution in [2.45, 2.75) is 31.4 Å². The molecule has 2 unspecified atom stereocenters. The Hall–Kier alpha value is -1.61. The van der Waals surface area contributed by atoms with E-state index in [9.17, 15) is 9.59 Å². The Morgan fingerprint density at radius 2 is 2.29 bits per heavy atom. The minimum absolute atomic E-state index is 0.0316. The maximum atomic E-state index is 11.9. The average Bonchev–Trinajstić information content (AvgIpc) is 2.82. The third kappa shape index (κ3) is 2.39. The maximum Gasteiger partial charge on any atom is 0.312 e. The lowest BCUT2D eigenvalue weighted by atomic mass is 10.1. The van der Waals surface area contributed by atoms with Gasteiger partial charge in [-0.2, -0.15) is 5.26 Å². The first kappa shape index (κ1) is 11.9. The standard InChI is InChI=1S/C11H15N3O3/c12-4-5-13-10(15)11(16)14-6-7-17-9-3-1-2-8(9)14/h8-9H,1-3,5-7H2,(H,13,15). The molecule has 0 aromatic heterocycles. The first-order chi connectivity index (χ1) is 8.24. The lowest BCUT2D eigenvalue weighted by Crippen LogP contribution is -2.55. The molecule has 2 aliphatic rings. The molecule has 6 nitrogen and oxygen atoms in total. The molecule has 2 atom stereocenters. The Morgan fingerprint density at radius 3 is 3.06 bits per heavy atom. The second kappa shape index (κ2) is 5.15. The van der Waals surface area contributed by atoms with E-state index in [0.29, 0.717) is 13.2 Å². The number of fused-ring (bicyclic) bond motifs is 1. The molecule has 2 rings (SSSR count). The molecular weight excluding hydrogens is 222 g/mol. The molecule has 2 amide bonds. The fourth-order valence-corrected chi connectivity index (χ4v) is 2.50. The van der Waals surface area contributed by atoms with Crippen LogP contribution in [-0.2, 0) is 14.3 Å². The molecule has 1 saturated carbocycles. The van der Waals surface area contributed by atoms with Crippen LogP contribution in [0, 0.1) is 11.3 Å². The van der Waals surface area contributed by atoms with Crippen molar-refractivity contribution in [3.63, 3.8) is 0 Å². The summed E-state index contributed by atoms with van der Waals surface area (Å²) in [4.78, 5) is 25.0. The Morgan fingerprint density at radius 1 is 1.47 bits per heavy atom. The van der Waals surface area contributed by atoms with E-state index in [2.05, 4.69) is 5.32 Å². The fourth-order valence-electron chi connectivity index (χ4n) is 2.50. The van der Waals surface area contributed by atoms with Crippen LogP contribution in [-0.4, -0.2) is 48.6 Å². The van der Waals surface area contributed by atoms with Gasteiger partial charge in [-0.25, -0.2) is 0 Å². The summed E-state index contributed by atoms with van der Waals surface area (Å²) in [5.74, 6) is -1.24. The first-order valence-electron chi connectivity index (χ1n) is 5.81. The highest BCUT2D eigenvalue weighted by molar-refractivity contribution is 6.35.